The quantitative estimate of drug-likeness (QED) is 0.364. The number of nitrogens with one attached hydrogen (secondary N) is 1. The van der Waals surface area contributed by atoms with E-state index in [4.69, 9.17) is 4.74 Å². The minimum atomic E-state index is -0.577. The van der Waals surface area contributed by atoms with E-state index in [9.17, 15) is 24.1 Å². The van der Waals surface area contributed by atoms with Crippen molar-refractivity contribution in [3.8, 4) is 0 Å². The summed E-state index contributed by atoms with van der Waals surface area (Å²) in [5, 5.41) is 19.6. The standard InChI is InChI=1S/C23H25FN6O5/c1-16(31)25-14-20-15-29(23(32)35-20)19-6-7-22(21(24)12-19)27-8-10-28(11-9-27)26-13-17-2-4-18(5-3-17)30(33)34/h2-7,12-13,20H,8-11,14-15H2,1H3,(H,25,31)/t20-/m0/s1. The maximum Gasteiger partial charge on any atom is 0.414 e. The second-order valence-electron chi connectivity index (χ2n) is 8.22. The Bertz CT molecular complexity index is 1130. The number of rotatable bonds is 7. The number of non-ortho nitro benzene ring substituents is 1. The largest absolute Gasteiger partial charge is 0.442 e. The number of nitrogens with zero attached hydrogens (tertiary/aromatic N) is 5. The highest BCUT2D eigenvalue weighted by Gasteiger charge is 2.33. The lowest BCUT2D eigenvalue weighted by Crippen LogP contribution is -2.44. The van der Waals surface area contributed by atoms with Crippen LogP contribution in [0.5, 0.6) is 0 Å². The summed E-state index contributed by atoms with van der Waals surface area (Å²) in [6.07, 6.45) is 0.573. The fraction of sp³-hybridized carbons (Fsp3) is 0.348. The molecule has 2 aliphatic heterocycles. The van der Waals surface area contributed by atoms with Gasteiger partial charge in [-0.1, -0.05) is 0 Å². The third-order valence-electron chi connectivity index (χ3n) is 5.77. The zero-order chi connectivity index (χ0) is 24.9. The van der Waals surface area contributed by atoms with Crippen molar-refractivity contribution in [1.82, 2.24) is 10.3 Å². The van der Waals surface area contributed by atoms with Crippen molar-refractivity contribution < 1.29 is 23.6 Å². The molecule has 35 heavy (non-hydrogen) atoms. The average Bonchev–Trinajstić information content (AvgIpc) is 3.22. The summed E-state index contributed by atoms with van der Waals surface area (Å²) in [4.78, 5) is 36.8. The van der Waals surface area contributed by atoms with Crippen LogP contribution in [0.4, 0.5) is 26.2 Å². The monoisotopic (exact) mass is 484 g/mol. The molecule has 4 rings (SSSR count). The lowest BCUT2D eigenvalue weighted by atomic mass is 10.2. The van der Waals surface area contributed by atoms with Crippen molar-refractivity contribution in [2.24, 2.45) is 5.10 Å². The summed E-state index contributed by atoms with van der Waals surface area (Å²) in [5.41, 5.74) is 1.61. The van der Waals surface area contributed by atoms with E-state index in [1.807, 2.05) is 9.91 Å². The van der Waals surface area contributed by atoms with Crippen LogP contribution in [0, 0.1) is 15.9 Å². The highest BCUT2D eigenvalue weighted by atomic mass is 19.1. The van der Waals surface area contributed by atoms with Gasteiger partial charge in [0.2, 0.25) is 5.91 Å². The Morgan fingerprint density at radius 2 is 1.94 bits per heavy atom. The Hall–Kier alpha value is -4.22. The summed E-state index contributed by atoms with van der Waals surface area (Å²) in [5.74, 6) is -0.657. The van der Waals surface area contributed by atoms with Crippen LogP contribution in [-0.2, 0) is 9.53 Å². The third kappa shape index (κ3) is 5.83. The number of nitro groups is 1. The second-order valence-corrected chi connectivity index (χ2v) is 8.22. The Balaban J connectivity index is 1.32. The molecule has 0 aliphatic carbocycles. The SMILES string of the molecule is CC(=O)NC[C@H]1CN(c2ccc(N3CCN(N=Cc4ccc([N+](=O)[O-])cc4)CC3)c(F)c2)C(=O)O1. The first-order chi connectivity index (χ1) is 16.8. The third-order valence-corrected chi connectivity index (χ3v) is 5.77. The summed E-state index contributed by atoms with van der Waals surface area (Å²) in [7, 11) is 0. The van der Waals surface area contributed by atoms with Gasteiger partial charge in [0.05, 0.1) is 48.7 Å². The number of hydrogen-bond acceptors (Lipinski definition) is 8. The average molecular weight is 484 g/mol. The molecule has 0 saturated carbocycles. The van der Waals surface area contributed by atoms with Crippen LogP contribution in [-0.4, -0.2) is 73.5 Å². The molecule has 1 N–H and O–H groups in total. The van der Waals surface area contributed by atoms with Crippen molar-refractivity contribution in [3.63, 3.8) is 0 Å². The number of anilines is 2. The normalized spacial score (nSPS) is 18.2. The molecule has 2 aliphatic rings. The maximum absolute atomic E-state index is 15.0. The van der Waals surface area contributed by atoms with Crippen molar-refractivity contribution in [3.05, 3.63) is 64.0 Å². The smallest absolute Gasteiger partial charge is 0.414 e. The lowest BCUT2D eigenvalue weighted by Gasteiger charge is -2.34. The minimum absolute atomic E-state index is 0.0234. The van der Waals surface area contributed by atoms with Gasteiger partial charge in [-0.05, 0) is 35.9 Å². The molecule has 0 unspecified atom stereocenters. The molecule has 11 nitrogen and oxygen atoms in total. The first kappa shape index (κ1) is 23.9. The van der Waals surface area contributed by atoms with Gasteiger partial charge in [-0.3, -0.25) is 24.8 Å². The fourth-order valence-electron chi connectivity index (χ4n) is 3.90. The van der Waals surface area contributed by atoms with Gasteiger partial charge in [-0.25, -0.2) is 9.18 Å². The molecular weight excluding hydrogens is 459 g/mol. The lowest BCUT2D eigenvalue weighted by molar-refractivity contribution is -0.384. The van der Waals surface area contributed by atoms with Gasteiger partial charge in [0, 0.05) is 32.1 Å². The van der Waals surface area contributed by atoms with E-state index in [1.54, 1.807) is 30.5 Å². The van der Waals surface area contributed by atoms with Crippen LogP contribution in [0.1, 0.15) is 12.5 Å². The number of halogens is 1. The van der Waals surface area contributed by atoms with Crippen LogP contribution >= 0.6 is 0 Å². The summed E-state index contributed by atoms with van der Waals surface area (Å²) >= 11 is 0. The van der Waals surface area contributed by atoms with E-state index in [0.717, 1.165) is 5.56 Å². The Labute approximate surface area is 200 Å². The molecule has 2 heterocycles. The maximum atomic E-state index is 15.0. The molecule has 0 radical (unpaired) electrons. The number of ether oxygens (including phenoxy) is 1. The molecule has 2 aromatic carbocycles. The molecule has 2 fully saturated rings. The van der Waals surface area contributed by atoms with Crippen molar-refractivity contribution in [1.29, 1.82) is 0 Å². The Morgan fingerprint density at radius 1 is 1.23 bits per heavy atom. The molecule has 12 heteroatoms. The van der Waals surface area contributed by atoms with Gasteiger partial charge < -0.3 is 15.0 Å². The van der Waals surface area contributed by atoms with Crippen LogP contribution in [0.2, 0.25) is 0 Å². The summed E-state index contributed by atoms with van der Waals surface area (Å²) in [6.45, 7) is 4.07. The predicted molar refractivity (Wildman–Crippen MR) is 127 cm³/mol. The summed E-state index contributed by atoms with van der Waals surface area (Å²) in [6, 6.07) is 10.8. The minimum Gasteiger partial charge on any atom is -0.442 e. The van der Waals surface area contributed by atoms with Gasteiger partial charge in [-0.15, -0.1) is 0 Å². The van der Waals surface area contributed by atoms with Crippen LogP contribution in [0.25, 0.3) is 0 Å². The highest BCUT2D eigenvalue weighted by molar-refractivity contribution is 5.90. The van der Waals surface area contributed by atoms with Gasteiger partial charge in [0.25, 0.3) is 5.69 Å². The van der Waals surface area contributed by atoms with Crippen LogP contribution in [0.3, 0.4) is 0 Å². The van der Waals surface area contributed by atoms with Crippen molar-refractivity contribution in [2.75, 3.05) is 49.1 Å². The van der Waals surface area contributed by atoms with Crippen LogP contribution in [0.15, 0.2) is 47.6 Å². The van der Waals surface area contributed by atoms with Gasteiger partial charge >= 0.3 is 6.09 Å². The molecule has 2 amide bonds. The van der Waals surface area contributed by atoms with E-state index in [-0.39, 0.29) is 24.7 Å². The molecule has 0 bridgehead atoms. The molecular formula is C23H25FN6O5. The Kier molecular flexibility index (Phi) is 7.09. The number of cyclic esters (lactones) is 1. The molecule has 0 aromatic heterocycles. The fourth-order valence-corrected chi connectivity index (χ4v) is 3.90. The number of amides is 2. The van der Waals surface area contributed by atoms with Gasteiger partial charge in [0.15, 0.2) is 0 Å². The molecule has 0 spiro atoms. The number of nitro benzene ring substituents is 1. The number of carbonyl (C=O) groups excluding carboxylic acids is 2. The Morgan fingerprint density at radius 3 is 2.57 bits per heavy atom. The number of benzene rings is 2. The predicted octanol–water partition coefficient (Wildman–Crippen LogP) is 2.35. The zero-order valence-corrected chi connectivity index (χ0v) is 19.1. The first-order valence-corrected chi connectivity index (χ1v) is 11.1. The van der Waals surface area contributed by atoms with E-state index >= 15 is 0 Å². The number of carbonyl (C=O) groups is 2. The number of hydrazone groups is 1. The van der Waals surface area contributed by atoms with Gasteiger partial charge in [-0.2, -0.15) is 5.10 Å². The topological polar surface area (TPSA) is 121 Å². The number of hydrogen-bond donors (Lipinski definition) is 1. The molecule has 184 valence electrons. The van der Waals surface area contributed by atoms with E-state index < -0.39 is 22.9 Å². The first-order valence-electron chi connectivity index (χ1n) is 11.1. The van der Waals surface area contributed by atoms with E-state index in [1.165, 1.54) is 30.0 Å². The van der Waals surface area contributed by atoms with Crippen LogP contribution < -0.4 is 15.1 Å². The van der Waals surface area contributed by atoms with Crippen molar-refractivity contribution >= 4 is 35.3 Å². The van der Waals surface area contributed by atoms with Gasteiger partial charge in [0.1, 0.15) is 11.9 Å². The molecule has 2 aromatic rings. The molecule has 1 atom stereocenters. The second kappa shape index (κ2) is 10.4. The van der Waals surface area contributed by atoms with Crippen molar-refractivity contribution in [2.45, 2.75) is 13.0 Å². The molecule has 2 saturated heterocycles. The summed E-state index contributed by atoms with van der Waals surface area (Å²) < 4.78 is 20.2. The van der Waals surface area contributed by atoms with E-state index in [2.05, 4.69) is 10.4 Å². The van der Waals surface area contributed by atoms with E-state index in [0.29, 0.717) is 37.6 Å². The highest BCUT2D eigenvalue weighted by Crippen LogP contribution is 2.28. The number of piperazine rings is 1. The zero-order valence-electron chi connectivity index (χ0n) is 19.1.